The summed E-state index contributed by atoms with van der Waals surface area (Å²) in [4.78, 5) is 7.13. The van der Waals surface area contributed by atoms with Gasteiger partial charge in [-0.3, -0.25) is 0 Å². The molecular formula is C14H14IN3S. The molecule has 2 heterocycles. The maximum atomic E-state index is 6.05. The van der Waals surface area contributed by atoms with Crippen molar-refractivity contribution in [1.82, 2.24) is 9.55 Å². The molecule has 5 heteroatoms. The maximum absolute atomic E-state index is 6.05. The Morgan fingerprint density at radius 1 is 1.32 bits per heavy atom. The third kappa shape index (κ3) is 2.36. The van der Waals surface area contributed by atoms with Crippen molar-refractivity contribution < 1.29 is 0 Å². The van der Waals surface area contributed by atoms with E-state index in [1.54, 1.807) is 0 Å². The van der Waals surface area contributed by atoms with Gasteiger partial charge < -0.3 is 10.3 Å². The molecule has 0 saturated carbocycles. The molecule has 19 heavy (non-hydrogen) atoms. The van der Waals surface area contributed by atoms with E-state index in [4.69, 9.17) is 5.73 Å². The third-order valence-corrected chi connectivity index (χ3v) is 5.08. The van der Waals surface area contributed by atoms with Crippen molar-refractivity contribution in [2.75, 3.05) is 5.73 Å². The zero-order chi connectivity index (χ0) is 13.6. The van der Waals surface area contributed by atoms with Gasteiger partial charge in [0.1, 0.15) is 0 Å². The number of hydrogen-bond donors (Lipinski definition) is 1. The fourth-order valence-electron chi connectivity index (χ4n) is 2.17. The van der Waals surface area contributed by atoms with E-state index in [9.17, 15) is 0 Å². The highest BCUT2D eigenvalue weighted by Gasteiger charge is 2.10. The van der Waals surface area contributed by atoms with Crippen LogP contribution in [0.3, 0.4) is 0 Å². The summed E-state index contributed by atoms with van der Waals surface area (Å²) in [6, 6.07) is 8.48. The van der Waals surface area contributed by atoms with E-state index in [0.29, 0.717) is 5.95 Å². The van der Waals surface area contributed by atoms with Crippen LogP contribution >= 0.6 is 33.9 Å². The molecule has 2 N–H and O–H groups in total. The van der Waals surface area contributed by atoms with Crippen LogP contribution in [-0.2, 0) is 6.54 Å². The Kier molecular flexibility index (Phi) is 3.26. The zero-order valence-electron chi connectivity index (χ0n) is 10.8. The van der Waals surface area contributed by atoms with Crippen molar-refractivity contribution in [2.45, 2.75) is 20.4 Å². The van der Waals surface area contributed by atoms with Crippen LogP contribution in [0.4, 0.5) is 5.95 Å². The second kappa shape index (κ2) is 4.79. The van der Waals surface area contributed by atoms with E-state index >= 15 is 0 Å². The Labute approximate surface area is 129 Å². The van der Waals surface area contributed by atoms with Gasteiger partial charge in [0.2, 0.25) is 5.95 Å². The number of fused-ring (bicyclic) bond motifs is 1. The van der Waals surface area contributed by atoms with E-state index in [-0.39, 0.29) is 0 Å². The van der Waals surface area contributed by atoms with E-state index in [0.717, 1.165) is 17.6 Å². The number of anilines is 1. The molecule has 3 nitrogen and oxygen atoms in total. The number of nitrogens with two attached hydrogens (primary N) is 1. The quantitative estimate of drug-likeness (QED) is 0.681. The van der Waals surface area contributed by atoms with E-state index < -0.39 is 0 Å². The van der Waals surface area contributed by atoms with Crippen molar-refractivity contribution >= 4 is 50.9 Å². The average molecular weight is 383 g/mol. The zero-order valence-corrected chi connectivity index (χ0v) is 13.7. The summed E-state index contributed by atoms with van der Waals surface area (Å²) in [5, 5.41) is 0. The molecule has 0 saturated heterocycles. The van der Waals surface area contributed by atoms with Gasteiger partial charge >= 0.3 is 0 Å². The Hall–Kier alpha value is -1.08. The Morgan fingerprint density at radius 2 is 2.11 bits per heavy atom. The number of nitrogens with zero attached hydrogens (tertiary/aromatic N) is 2. The summed E-state index contributed by atoms with van der Waals surface area (Å²) < 4.78 is 3.26. The highest BCUT2D eigenvalue weighted by Crippen LogP contribution is 2.25. The number of hydrogen-bond acceptors (Lipinski definition) is 3. The van der Waals surface area contributed by atoms with Gasteiger partial charge in [-0.2, -0.15) is 0 Å². The van der Waals surface area contributed by atoms with E-state index in [2.05, 4.69) is 70.3 Å². The number of aryl methyl sites for hydroxylation is 2. The normalized spacial score (nSPS) is 11.3. The molecule has 0 atom stereocenters. The average Bonchev–Trinajstić information content (AvgIpc) is 2.81. The summed E-state index contributed by atoms with van der Waals surface area (Å²) in [6.45, 7) is 5.09. The molecule has 1 aromatic carbocycles. The predicted molar refractivity (Wildman–Crippen MR) is 89.8 cm³/mol. The standard InChI is InChI=1S/C14H14IN3S/c1-8-5-11(19-9(8)2)7-18-13-4-3-10(15)6-12(13)17-14(18)16/h3-6H,7H2,1-2H3,(H2,16,17). The lowest BCUT2D eigenvalue weighted by molar-refractivity contribution is 0.852. The first-order chi connectivity index (χ1) is 9.04. The highest BCUT2D eigenvalue weighted by atomic mass is 127. The molecule has 0 bridgehead atoms. The Balaban J connectivity index is 2.07. The number of thiophene rings is 1. The fourth-order valence-corrected chi connectivity index (χ4v) is 3.69. The predicted octanol–water partition coefficient (Wildman–Crippen LogP) is 3.95. The molecule has 3 rings (SSSR count). The minimum Gasteiger partial charge on any atom is -0.369 e. The Bertz CT molecular complexity index is 738. The molecule has 0 amide bonds. The van der Waals surface area contributed by atoms with Crippen LogP contribution in [0, 0.1) is 17.4 Å². The fraction of sp³-hybridized carbons (Fsp3) is 0.214. The second-order valence-corrected chi connectivity index (χ2v) is 7.23. The lowest BCUT2D eigenvalue weighted by Gasteiger charge is -2.04. The molecule has 2 aromatic heterocycles. The van der Waals surface area contributed by atoms with Gasteiger partial charge in [-0.15, -0.1) is 11.3 Å². The van der Waals surface area contributed by atoms with Gasteiger partial charge in [-0.05, 0) is 66.3 Å². The van der Waals surface area contributed by atoms with Gasteiger partial charge in [0.05, 0.1) is 17.6 Å². The first-order valence-electron chi connectivity index (χ1n) is 6.02. The van der Waals surface area contributed by atoms with Crippen LogP contribution in [-0.4, -0.2) is 9.55 Å². The summed E-state index contributed by atoms with van der Waals surface area (Å²) >= 11 is 4.12. The summed E-state index contributed by atoms with van der Waals surface area (Å²) in [7, 11) is 0. The van der Waals surface area contributed by atoms with E-state index in [1.165, 1.54) is 18.9 Å². The number of benzene rings is 1. The maximum Gasteiger partial charge on any atom is 0.201 e. The van der Waals surface area contributed by atoms with Gasteiger partial charge in [0.15, 0.2) is 0 Å². The van der Waals surface area contributed by atoms with Crippen LogP contribution < -0.4 is 5.73 Å². The minimum atomic E-state index is 0.584. The molecule has 3 aromatic rings. The molecule has 0 aliphatic heterocycles. The lowest BCUT2D eigenvalue weighted by atomic mass is 10.3. The van der Waals surface area contributed by atoms with Crippen molar-refractivity contribution in [2.24, 2.45) is 0 Å². The van der Waals surface area contributed by atoms with Gasteiger partial charge in [-0.25, -0.2) is 4.98 Å². The SMILES string of the molecule is Cc1cc(Cn2c(N)nc3cc(I)ccc32)sc1C. The van der Waals surface area contributed by atoms with Crippen LogP contribution in [0.2, 0.25) is 0 Å². The number of nitrogen functional groups attached to an aromatic ring is 1. The second-order valence-electron chi connectivity index (χ2n) is 4.64. The van der Waals surface area contributed by atoms with Crippen LogP contribution in [0.1, 0.15) is 15.3 Å². The number of halogens is 1. The minimum absolute atomic E-state index is 0.584. The van der Waals surface area contributed by atoms with Crippen molar-refractivity contribution in [3.05, 3.63) is 43.2 Å². The molecule has 98 valence electrons. The van der Waals surface area contributed by atoms with Crippen molar-refractivity contribution in [1.29, 1.82) is 0 Å². The summed E-state index contributed by atoms with van der Waals surface area (Å²) in [5.41, 5.74) is 9.46. The Morgan fingerprint density at radius 3 is 2.79 bits per heavy atom. The molecule has 0 unspecified atom stereocenters. The first-order valence-corrected chi connectivity index (χ1v) is 7.91. The van der Waals surface area contributed by atoms with Gasteiger partial charge in [0, 0.05) is 13.3 Å². The van der Waals surface area contributed by atoms with Crippen LogP contribution in [0.25, 0.3) is 11.0 Å². The first kappa shape index (κ1) is 12.9. The molecule has 0 spiro atoms. The van der Waals surface area contributed by atoms with Crippen LogP contribution in [0.5, 0.6) is 0 Å². The smallest absolute Gasteiger partial charge is 0.201 e. The monoisotopic (exact) mass is 383 g/mol. The number of imidazole rings is 1. The topological polar surface area (TPSA) is 43.8 Å². The largest absolute Gasteiger partial charge is 0.369 e. The molecule has 0 aliphatic rings. The molecule has 0 radical (unpaired) electrons. The lowest BCUT2D eigenvalue weighted by Crippen LogP contribution is -2.03. The third-order valence-electron chi connectivity index (χ3n) is 3.27. The van der Waals surface area contributed by atoms with Gasteiger partial charge in [0.25, 0.3) is 0 Å². The number of rotatable bonds is 2. The molecule has 0 fully saturated rings. The van der Waals surface area contributed by atoms with Crippen molar-refractivity contribution in [3.8, 4) is 0 Å². The summed E-state index contributed by atoms with van der Waals surface area (Å²) in [6.07, 6.45) is 0. The highest BCUT2D eigenvalue weighted by molar-refractivity contribution is 14.1. The van der Waals surface area contributed by atoms with E-state index in [1.807, 2.05) is 11.3 Å². The van der Waals surface area contributed by atoms with Gasteiger partial charge in [-0.1, -0.05) is 0 Å². The molecule has 0 aliphatic carbocycles. The summed E-state index contributed by atoms with van der Waals surface area (Å²) in [5.74, 6) is 0.584. The molecular weight excluding hydrogens is 369 g/mol. The van der Waals surface area contributed by atoms with Crippen LogP contribution in [0.15, 0.2) is 24.3 Å². The number of aromatic nitrogens is 2. The van der Waals surface area contributed by atoms with Crippen molar-refractivity contribution in [3.63, 3.8) is 0 Å².